The van der Waals surface area contributed by atoms with Crippen molar-refractivity contribution < 1.29 is 9.53 Å². The first-order chi connectivity index (χ1) is 13.2. The van der Waals surface area contributed by atoms with Gasteiger partial charge in [-0.15, -0.1) is 21.5 Å². The maximum Gasteiger partial charge on any atom is 0.286 e. The number of benzene rings is 1. The largest absolute Gasteiger partial charge is 0.497 e. The maximum atomic E-state index is 12.7. The molecule has 1 amide bonds. The summed E-state index contributed by atoms with van der Waals surface area (Å²) in [5.74, 6) is 0.665. The summed E-state index contributed by atoms with van der Waals surface area (Å²) < 4.78 is 6.65. The van der Waals surface area contributed by atoms with Gasteiger partial charge < -0.3 is 15.0 Å². The molecule has 0 bridgehead atoms. The Balaban J connectivity index is 1.56. The van der Waals surface area contributed by atoms with Crippen molar-refractivity contribution in [3.05, 3.63) is 62.7 Å². The number of fused-ring (bicyclic) bond motifs is 1. The first kappa shape index (κ1) is 17.2. The summed E-state index contributed by atoms with van der Waals surface area (Å²) in [6, 6.07) is 11.3. The molecule has 0 fully saturated rings. The molecule has 4 rings (SSSR count). The van der Waals surface area contributed by atoms with E-state index in [1.807, 2.05) is 46.7 Å². The Morgan fingerprint density at radius 2 is 2.04 bits per heavy atom. The summed E-state index contributed by atoms with van der Waals surface area (Å²) in [6.07, 6.45) is 0. The number of carbonyl (C=O) groups excluding carboxylic acids is 1. The highest BCUT2D eigenvalue weighted by Crippen LogP contribution is 2.28. The first-order valence-corrected chi connectivity index (χ1v) is 9.25. The number of hydrogen-bond acceptors (Lipinski definition) is 7. The average molecular weight is 383 g/mol. The molecule has 0 radical (unpaired) electrons. The first-order valence-electron chi connectivity index (χ1n) is 8.37. The fourth-order valence-electron chi connectivity index (χ4n) is 2.92. The molecule has 3 aromatic rings. The number of ether oxygens (including phenoxy) is 1. The highest BCUT2D eigenvalue weighted by atomic mass is 32.1. The van der Waals surface area contributed by atoms with Crippen molar-refractivity contribution >= 4 is 28.9 Å². The van der Waals surface area contributed by atoms with Gasteiger partial charge in [0.05, 0.1) is 13.7 Å². The van der Waals surface area contributed by atoms with Crippen LogP contribution in [0.15, 0.2) is 46.6 Å². The second-order valence-corrected chi connectivity index (χ2v) is 6.95. The van der Waals surface area contributed by atoms with Crippen molar-refractivity contribution in [3.63, 3.8) is 0 Å². The van der Waals surface area contributed by atoms with Crippen molar-refractivity contribution in [2.75, 3.05) is 18.6 Å². The van der Waals surface area contributed by atoms with Crippen LogP contribution in [0.2, 0.25) is 0 Å². The van der Waals surface area contributed by atoms with E-state index in [2.05, 4.69) is 15.5 Å². The lowest BCUT2D eigenvalue weighted by atomic mass is 10.3. The number of nitrogens with zero attached hydrogens (tertiary/aromatic N) is 4. The molecule has 27 heavy (non-hydrogen) atoms. The molecule has 1 N–H and O–H groups in total. The highest BCUT2D eigenvalue weighted by Gasteiger charge is 2.27. The topological polar surface area (TPSA) is 89.3 Å². The van der Waals surface area contributed by atoms with Gasteiger partial charge >= 0.3 is 0 Å². The monoisotopic (exact) mass is 383 g/mol. The van der Waals surface area contributed by atoms with E-state index in [4.69, 9.17) is 4.74 Å². The smallest absolute Gasteiger partial charge is 0.286 e. The molecular weight excluding hydrogens is 366 g/mol. The Morgan fingerprint density at radius 1 is 1.22 bits per heavy atom. The summed E-state index contributed by atoms with van der Waals surface area (Å²) in [5.41, 5.74) is 0.261. The van der Waals surface area contributed by atoms with E-state index >= 15 is 0 Å². The molecular formula is C18H17N5O3S. The molecule has 0 saturated heterocycles. The van der Waals surface area contributed by atoms with Gasteiger partial charge in [-0.25, -0.2) is 0 Å². The van der Waals surface area contributed by atoms with Gasteiger partial charge in [-0.05, 0) is 35.7 Å². The van der Waals surface area contributed by atoms with Gasteiger partial charge in [0.2, 0.25) is 11.6 Å². The molecule has 0 aliphatic carbocycles. The summed E-state index contributed by atoms with van der Waals surface area (Å²) in [6.45, 7) is 1.38. The van der Waals surface area contributed by atoms with Crippen LogP contribution in [-0.4, -0.2) is 34.3 Å². The van der Waals surface area contributed by atoms with E-state index in [1.54, 1.807) is 7.11 Å². The van der Waals surface area contributed by atoms with Gasteiger partial charge in [-0.1, -0.05) is 6.07 Å². The van der Waals surface area contributed by atoms with Crippen molar-refractivity contribution in [1.29, 1.82) is 0 Å². The molecule has 3 heterocycles. The Hall–Kier alpha value is -3.20. The van der Waals surface area contributed by atoms with Crippen LogP contribution in [0.25, 0.3) is 0 Å². The van der Waals surface area contributed by atoms with Crippen molar-refractivity contribution in [1.82, 2.24) is 20.1 Å². The van der Waals surface area contributed by atoms with Gasteiger partial charge in [-0.3, -0.25) is 14.2 Å². The standard InChI is InChI=1S/C18H17N5O3S/c1-26-13-6-4-12(5-7-13)22-8-9-23-17(25)15(20-21-18(22)23)16(24)19-11-14-3-2-10-27-14/h2-7,10H,8-9,11H2,1H3,(H,19,24). The molecule has 1 aromatic carbocycles. The molecule has 138 valence electrons. The Morgan fingerprint density at radius 3 is 2.74 bits per heavy atom. The van der Waals surface area contributed by atoms with E-state index in [-0.39, 0.29) is 5.69 Å². The lowest BCUT2D eigenvalue weighted by molar-refractivity contribution is 0.0943. The zero-order chi connectivity index (χ0) is 18.8. The van der Waals surface area contributed by atoms with E-state index in [0.29, 0.717) is 25.6 Å². The number of methoxy groups -OCH3 is 1. The molecule has 2 aromatic heterocycles. The average Bonchev–Trinajstić information content (AvgIpc) is 3.36. The van der Waals surface area contributed by atoms with E-state index in [9.17, 15) is 9.59 Å². The second kappa shape index (κ2) is 7.20. The summed E-state index contributed by atoms with van der Waals surface area (Å²) in [7, 11) is 1.61. The summed E-state index contributed by atoms with van der Waals surface area (Å²) in [5, 5.41) is 12.7. The van der Waals surface area contributed by atoms with Crippen LogP contribution < -0.4 is 20.5 Å². The third-order valence-corrected chi connectivity index (χ3v) is 5.20. The number of anilines is 2. The quantitative estimate of drug-likeness (QED) is 0.723. The van der Waals surface area contributed by atoms with Crippen LogP contribution in [0.4, 0.5) is 11.6 Å². The summed E-state index contributed by atoms with van der Waals surface area (Å²) >= 11 is 1.54. The molecule has 1 aliphatic heterocycles. The molecule has 0 unspecified atom stereocenters. The number of rotatable bonds is 5. The minimum absolute atomic E-state index is 0.188. The minimum atomic E-state index is -0.515. The Labute approximate surface area is 159 Å². The zero-order valence-electron chi connectivity index (χ0n) is 14.6. The predicted molar refractivity (Wildman–Crippen MR) is 102 cm³/mol. The second-order valence-electron chi connectivity index (χ2n) is 5.92. The van der Waals surface area contributed by atoms with E-state index in [1.165, 1.54) is 15.9 Å². The van der Waals surface area contributed by atoms with Crippen LogP contribution in [0.3, 0.4) is 0 Å². The molecule has 0 saturated carbocycles. The summed E-state index contributed by atoms with van der Waals surface area (Å²) in [4.78, 5) is 27.9. The Kier molecular flexibility index (Phi) is 4.59. The van der Waals surface area contributed by atoms with Crippen molar-refractivity contribution in [3.8, 4) is 5.75 Å². The number of nitrogens with one attached hydrogen (secondary N) is 1. The van der Waals surface area contributed by atoms with Gasteiger partial charge in [0.15, 0.2) is 0 Å². The van der Waals surface area contributed by atoms with Crippen molar-refractivity contribution in [2.45, 2.75) is 13.1 Å². The highest BCUT2D eigenvalue weighted by molar-refractivity contribution is 7.09. The minimum Gasteiger partial charge on any atom is -0.497 e. The normalized spacial score (nSPS) is 12.7. The van der Waals surface area contributed by atoms with Gasteiger partial charge in [0, 0.05) is 23.7 Å². The van der Waals surface area contributed by atoms with Crippen LogP contribution in [0.5, 0.6) is 5.75 Å². The number of thiophene rings is 1. The SMILES string of the molecule is COc1ccc(N2CCn3c2nnc(C(=O)NCc2cccs2)c3=O)cc1. The predicted octanol–water partition coefficient (Wildman–Crippen LogP) is 1.79. The van der Waals surface area contributed by atoms with Crippen LogP contribution in [0.1, 0.15) is 15.4 Å². The molecule has 8 nitrogen and oxygen atoms in total. The number of hydrogen-bond donors (Lipinski definition) is 1. The van der Waals surface area contributed by atoms with Gasteiger partial charge in [-0.2, -0.15) is 0 Å². The van der Waals surface area contributed by atoms with Gasteiger partial charge in [0.25, 0.3) is 11.5 Å². The number of amides is 1. The van der Waals surface area contributed by atoms with E-state index in [0.717, 1.165) is 16.3 Å². The fourth-order valence-corrected chi connectivity index (χ4v) is 3.57. The molecule has 9 heteroatoms. The van der Waals surface area contributed by atoms with Crippen LogP contribution in [0, 0.1) is 0 Å². The van der Waals surface area contributed by atoms with Crippen LogP contribution in [-0.2, 0) is 13.1 Å². The lowest BCUT2D eigenvalue weighted by Gasteiger charge is -2.17. The zero-order valence-corrected chi connectivity index (χ0v) is 15.4. The molecule has 0 atom stereocenters. The van der Waals surface area contributed by atoms with Gasteiger partial charge in [0.1, 0.15) is 5.75 Å². The number of aromatic nitrogens is 3. The van der Waals surface area contributed by atoms with E-state index < -0.39 is 11.5 Å². The third kappa shape index (κ3) is 3.28. The number of carbonyl (C=O) groups is 1. The Bertz CT molecular complexity index is 1010. The van der Waals surface area contributed by atoms with Crippen LogP contribution >= 0.6 is 11.3 Å². The molecule has 1 aliphatic rings. The lowest BCUT2D eigenvalue weighted by Crippen LogP contribution is -2.34. The van der Waals surface area contributed by atoms with Crippen molar-refractivity contribution in [2.24, 2.45) is 0 Å². The maximum absolute atomic E-state index is 12.7. The fraction of sp³-hybridized carbons (Fsp3) is 0.222. The third-order valence-electron chi connectivity index (χ3n) is 4.32. The molecule has 0 spiro atoms.